The lowest BCUT2D eigenvalue weighted by Gasteiger charge is -2.59. The fraction of sp³-hybridized carbons (Fsp3) is 0.615. The highest BCUT2D eigenvalue weighted by molar-refractivity contribution is 5.90. The molecule has 7 atom stereocenters. The van der Waals surface area contributed by atoms with Crippen molar-refractivity contribution in [2.24, 2.45) is 34.5 Å². The van der Waals surface area contributed by atoms with Crippen LogP contribution in [0.25, 0.3) is 11.4 Å². The van der Waals surface area contributed by atoms with Gasteiger partial charge in [-0.05, 0) is 91.0 Å². The number of hydrogen-bond donors (Lipinski definition) is 3. The molecule has 0 radical (unpaired) electrons. The molecule has 6 rings (SSSR count). The zero-order valence-corrected chi connectivity index (χ0v) is 20.3. The first kappa shape index (κ1) is 22.4. The second-order valence-electron chi connectivity index (χ2n) is 11.5. The predicted molar refractivity (Wildman–Crippen MR) is 130 cm³/mol. The average Bonchev–Trinajstić information content (AvgIpc) is 3.49. The average molecular weight is 476 g/mol. The molecule has 3 heterocycles. The number of aromatic amines is 1. The number of hydrogen-bond acceptors (Lipinski definition) is 6. The minimum atomic E-state index is 0.0346. The molecule has 0 aromatic carbocycles. The fourth-order valence-corrected chi connectivity index (χ4v) is 8.08. The van der Waals surface area contributed by atoms with E-state index in [1.807, 2.05) is 6.07 Å². The molecule has 0 saturated heterocycles. The standard InChI is InChI=1S/C26H33N7O2/c1-25-11-9-19-17(5-7-20-26(19,2)12-10-22(34)28-20)18(25)6-4-16(25)13-23(35)29-21-8-3-15(14-27-21)24-30-32-33-31-24/h3,8,10,12,14,16-20H,4-7,9,11,13H2,1-2H3,(H,28,34)(H,27,29,35)(H,30,31,32,33)/t16-,17+,18+,19+,20-,25-,26-/m1/s1. The number of rotatable bonds is 4. The Kier molecular flexibility index (Phi) is 5.27. The van der Waals surface area contributed by atoms with E-state index in [0.717, 1.165) is 24.8 Å². The zero-order valence-electron chi connectivity index (χ0n) is 20.3. The van der Waals surface area contributed by atoms with Crippen molar-refractivity contribution in [2.45, 2.75) is 64.8 Å². The van der Waals surface area contributed by atoms with Gasteiger partial charge in [-0.2, -0.15) is 5.21 Å². The molecule has 0 bridgehead atoms. The van der Waals surface area contributed by atoms with Crippen molar-refractivity contribution < 1.29 is 9.59 Å². The molecule has 0 unspecified atom stereocenters. The SMILES string of the molecule is C[C@]12C=CC(=O)N[C@@H]1CC[C@@H]1[C@@H]2CC[C@]2(C)[C@@H](CC(=O)Nc3ccc(-c4nn[nH]n4)cn3)CC[C@@H]12. The highest BCUT2D eigenvalue weighted by Gasteiger charge is 2.59. The van der Waals surface area contributed by atoms with E-state index in [2.05, 4.69) is 56.2 Å². The summed E-state index contributed by atoms with van der Waals surface area (Å²) in [7, 11) is 0. The van der Waals surface area contributed by atoms with Crippen LogP contribution >= 0.6 is 0 Å². The van der Waals surface area contributed by atoms with Gasteiger partial charge in [-0.1, -0.05) is 19.9 Å². The van der Waals surface area contributed by atoms with Crippen molar-refractivity contribution in [3.8, 4) is 11.4 Å². The summed E-state index contributed by atoms with van der Waals surface area (Å²) in [4.78, 5) is 29.3. The Morgan fingerprint density at radius 1 is 1.14 bits per heavy atom. The van der Waals surface area contributed by atoms with Gasteiger partial charge < -0.3 is 10.6 Å². The first-order chi connectivity index (χ1) is 16.9. The van der Waals surface area contributed by atoms with Crippen LogP contribution in [0.1, 0.15) is 58.8 Å². The van der Waals surface area contributed by atoms with Crippen LogP contribution < -0.4 is 10.6 Å². The van der Waals surface area contributed by atoms with Crippen molar-refractivity contribution in [3.63, 3.8) is 0 Å². The number of carbonyl (C=O) groups is 2. The molecule has 2 aromatic rings. The van der Waals surface area contributed by atoms with Crippen LogP contribution in [0.5, 0.6) is 0 Å². The van der Waals surface area contributed by atoms with Gasteiger partial charge in [-0.25, -0.2) is 4.98 Å². The Morgan fingerprint density at radius 3 is 2.80 bits per heavy atom. The zero-order chi connectivity index (χ0) is 24.2. The van der Waals surface area contributed by atoms with E-state index in [4.69, 9.17) is 0 Å². The third-order valence-electron chi connectivity index (χ3n) is 9.95. The molecule has 3 N–H and O–H groups in total. The third-order valence-corrected chi connectivity index (χ3v) is 9.95. The molecular weight excluding hydrogens is 442 g/mol. The van der Waals surface area contributed by atoms with Crippen LogP contribution in [0.4, 0.5) is 5.82 Å². The molecule has 9 nitrogen and oxygen atoms in total. The van der Waals surface area contributed by atoms with Gasteiger partial charge in [-0.3, -0.25) is 9.59 Å². The van der Waals surface area contributed by atoms with E-state index in [0.29, 0.717) is 41.7 Å². The topological polar surface area (TPSA) is 126 Å². The van der Waals surface area contributed by atoms with Gasteiger partial charge in [0.05, 0.1) is 0 Å². The summed E-state index contributed by atoms with van der Waals surface area (Å²) in [6.45, 7) is 4.79. The van der Waals surface area contributed by atoms with Gasteiger partial charge in [0.15, 0.2) is 0 Å². The number of nitrogens with one attached hydrogen (secondary N) is 3. The van der Waals surface area contributed by atoms with Crippen LogP contribution in [-0.2, 0) is 9.59 Å². The molecule has 3 aliphatic carbocycles. The molecule has 35 heavy (non-hydrogen) atoms. The lowest BCUT2D eigenvalue weighted by atomic mass is 9.48. The van der Waals surface area contributed by atoms with Gasteiger partial charge in [0.25, 0.3) is 0 Å². The predicted octanol–water partition coefficient (Wildman–Crippen LogP) is 3.50. The minimum Gasteiger partial charge on any atom is -0.349 e. The highest BCUT2D eigenvalue weighted by atomic mass is 16.2. The number of pyridine rings is 1. The van der Waals surface area contributed by atoms with Crippen molar-refractivity contribution in [1.29, 1.82) is 0 Å². The van der Waals surface area contributed by atoms with E-state index in [1.165, 1.54) is 19.3 Å². The molecular formula is C26H33N7O2. The highest BCUT2D eigenvalue weighted by Crippen LogP contribution is 2.65. The van der Waals surface area contributed by atoms with Gasteiger partial charge in [0.1, 0.15) is 5.82 Å². The Labute approximate surface area is 204 Å². The maximum Gasteiger partial charge on any atom is 0.243 e. The lowest BCUT2D eigenvalue weighted by molar-refractivity contribution is -0.123. The first-order valence-corrected chi connectivity index (χ1v) is 12.9. The second kappa shape index (κ2) is 8.24. The Morgan fingerprint density at radius 2 is 2.03 bits per heavy atom. The molecule has 4 aliphatic rings. The number of carbonyl (C=O) groups excluding carboxylic acids is 2. The van der Waals surface area contributed by atoms with Crippen molar-refractivity contribution in [3.05, 3.63) is 30.5 Å². The number of nitrogens with zero attached hydrogens (tertiary/aromatic N) is 4. The first-order valence-electron chi connectivity index (χ1n) is 12.9. The van der Waals surface area contributed by atoms with Crippen LogP contribution in [0, 0.1) is 34.5 Å². The Bertz CT molecular complexity index is 1150. The monoisotopic (exact) mass is 475 g/mol. The van der Waals surface area contributed by atoms with E-state index in [9.17, 15) is 9.59 Å². The van der Waals surface area contributed by atoms with Gasteiger partial charge in [0, 0.05) is 29.6 Å². The van der Waals surface area contributed by atoms with Crippen molar-refractivity contribution >= 4 is 17.6 Å². The number of H-pyrrole nitrogens is 1. The maximum absolute atomic E-state index is 13.0. The summed E-state index contributed by atoms with van der Waals surface area (Å²) in [6.07, 6.45) is 13.0. The van der Waals surface area contributed by atoms with E-state index in [1.54, 1.807) is 18.3 Å². The van der Waals surface area contributed by atoms with Gasteiger partial charge >= 0.3 is 0 Å². The quantitative estimate of drug-likeness (QED) is 0.621. The van der Waals surface area contributed by atoms with E-state index in [-0.39, 0.29) is 28.7 Å². The molecule has 3 saturated carbocycles. The van der Waals surface area contributed by atoms with Crippen molar-refractivity contribution in [1.82, 2.24) is 30.9 Å². The molecule has 1 aliphatic heterocycles. The molecule has 2 aromatic heterocycles. The third kappa shape index (κ3) is 3.67. The molecule has 2 amide bonds. The lowest BCUT2D eigenvalue weighted by Crippen LogP contribution is -2.59. The molecule has 3 fully saturated rings. The number of tetrazole rings is 1. The van der Waals surface area contributed by atoms with Crippen LogP contribution in [0.15, 0.2) is 30.5 Å². The van der Waals surface area contributed by atoms with Crippen LogP contribution in [-0.4, -0.2) is 43.5 Å². The second-order valence-corrected chi connectivity index (χ2v) is 11.5. The minimum absolute atomic E-state index is 0.0346. The van der Waals surface area contributed by atoms with Crippen molar-refractivity contribution in [2.75, 3.05) is 5.32 Å². The largest absolute Gasteiger partial charge is 0.349 e. The summed E-state index contributed by atoms with van der Waals surface area (Å²) in [5, 5.41) is 20.1. The van der Waals surface area contributed by atoms with E-state index >= 15 is 0 Å². The summed E-state index contributed by atoms with van der Waals surface area (Å²) in [6, 6.07) is 3.87. The fourth-order valence-electron chi connectivity index (χ4n) is 8.08. The number of amides is 2. The number of anilines is 1. The van der Waals surface area contributed by atoms with Crippen LogP contribution in [0.3, 0.4) is 0 Å². The summed E-state index contributed by atoms with van der Waals surface area (Å²) < 4.78 is 0. The van der Waals surface area contributed by atoms with Gasteiger partial charge in [-0.15, -0.1) is 10.2 Å². The normalized spacial score (nSPS) is 37.7. The molecule has 9 heteroatoms. The Balaban J connectivity index is 1.12. The van der Waals surface area contributed by atoms with Crippen LogP contribution in [0.2, 0.25) is 0 Å². The molecule has 0 spiro atoms. The summed E-state index contributed by atoms with van der Waals surface area (Å²) in [5.41, 5.74) is 0.988. The van der Waals surface area contributed by atoms with Gasteiger partial charge in [0.2, 0.25) is 17.6 Å². The number of fused-ring (bicyclic) bond motifs is 5. The summed E-state index contributed by atoms with van der Waals surface area (Å²) >= 11 is 0. The maximum atomic E-state index is 13.0. The van der Waals surface area contributed by atoms with E-state index < -0.39 is 0 Å². The number of aromatic nitrogens is 5. The summed E-state index contributed by atoms with van der Waals surface area (Å²) in [5.74, 6) is 3.42. The molecule has 184 valence electrons. The smallest absolute Gasteiger partial charge is 0.243 e. The Hall–Kier alpha value is -3.10.